The van der Waals surface area contributed by atoms with E-state index in [4.69, 9.17) is 0 Å². The van der Waals surface area contributed by atoms with E-state index in [1.165, 1.54) is 24.8 Å². The van der Waals surface area contributed by atoms with Crippen molar-refractivity contribution in [3.8, 4) is 0 Å². The zero-order chi connectivity index (χ0) is 6.41. The molecule has 0 atom stereocenters. The number of hydrogen-bond acceptors (Lipinski definition) is 0. The number of rotatable bonds is 4. The van der Waals surface area contributed by atoms with E-state index in [0.717, 1.165) is 6.42 Å². The molecule has 0 spiro atoms. The minimum Gasteiger partial charge on any atom is -0.0999 e. The second kappa shape index (κ2) is 4.89. The van der Waals surface area contributed by atoms with Crippen LogP contribution in [-0.4, -0.2) is 0 Å². The zero-order valence-electron chi connectivity index (χ0n) is 6.04. The molecule has 0 N–H and O–H groups in total. The first kappa shape index (κ1) is 7.74. The van der Waals surface area contributed by atoms with Crippen molar-refractivity contribution in [3.05, 3.63) is 12.2 Å². The fourth-order valence-corrected chi connectivity index (χ4v) is 0.604. The van der Waals surface area contributed by atoms with Gasteiger partial charge in [-0.1, -0.05) is 32.4 Å². The van der Waals surface area contributed by atoms with E-state index in [2.05, 4.69) is 20.4 Å². The Morgan fingerprint density at radius 3 is 2.38 bits per heavy atom. The molecule has 0 fully saturated rings. The zero-order valence-corrected chi connectivity index (χ0v) is 6.04. The topological polar surface area (TPSA) is 0 Å². The Bertz CT molecular complexity index is 62.4. The van der Waals surface area contributed by atoms with E-state index in [0.29, 0.717) is 0 Å². The second-order valence-electron chi connectivity index (χ2n) is 2.21. The summed E-state index contributed by atoms with van der Waals surface area (Å²) < 4.78 is 0. The molecule has 48 valence electrons. The first-order valence-corrected chi connectivity index (χ1v) is 3.47. The third-order valence-corrected chi connectivity index (χ3v) is 1.38. The van der Waals surface area contributed by atoms with Crippen LogP contribution in [0.2, 0.25) is 0 Å². The highest BCUT2D eigenvalue weighted by molar-refractivity contribution is 4.91. The minimum absolute atomic E-state index is 1.15. The molecule has 0 amide bonds. The summed E-state index contributed by atoms with van der Waals surface area (Å²) in [7, 11) is 0. The Morgan fingerprint density at radius 1 is 1.38 bits per heavy atom. The molecule has 0 heteroatoms. The monoisotopic (exact) mass is 112 g/mol. The van der Waals surface area contributed by atoms with Gasteiger partial charge in [0.05, 0.1) is 0 Å². The molecule has 0 bridgehead atoms. The van der Waals surface area contributed by atoms with Gasteiger partial charge in [-0.25, -0.2) is 0 Å². The molecule has 0 aromatic carbocycles. The van der Waals surface area contributed by atoms with Gasteiger partial charge in [0, 0.05) is 0 Å². The van der Waals surface area contributed by atoms with Crippen molar-refractivity contribution in [1.29, 1.82) is 0 Å². The summed E-state index contributed by atoms with van der Waals surface area (Å²) in [5, 5.41) is 0. The maximum atomic E-state index is 3.91. The average molecular weight is 112 g/mol. The summed E-state index contributed by atoms with van der Waals surface area (Å²) in [5.41, 5.74) is 1.40. The molecule has 0 aromatic rings. The summed E-state index contributed by atoms with van der Waals surface area (Å²) in [6.07, 6.45) is 4.98. The SMILES string of the molecule is C=C(CC)CCCC. The Balaban J connectivity index is 2.99. The first-order chi connectivity index (χ1) is 3.81. The number of allylic oxidation sites excluding steroid dienone is 1. The lowest BCUT2D eigenvalue weighted by atomic mass is 10.1. The third-order valence-electron chi connectivity index (χ3n) is 1.38. The van der Waals surface area contributed by atoms with Crippen LogP contribution >= 0.6 is 0 Å². The third kappa shape index (κ3) is 3.91. The predicted octanol–water partition coefficient (Wildman–Crippen LogP) is 3.14. The van der Waals surface area contributed by atoms with E-state index in [-0.39, 0.29) is 0 Å². The molecule has 0 rings (SSSR count). The van der Waals surface area contributed by atoms with E-state index >= 15 is 0 Å². The van der Waals surface area contributed by atoms with Crippen molar-refractivity contribution in [2.24, 2.45) is 0 Å². The van der Waals surface area contributed by atoms with Crippen molar-refractivity contribution >= 4 is 0 Å². The molecular weight excluding hydrogens is 96.1 g/mol. The van der Waals surface area contributed by atoms with Crippen molar-refractivity contribution in [3.63, 3.8) is 0 Å². The van der Waals surface area contributed by atoms with E-state index in [1.54, 1.807) is 0 Å². The summed E-state index contributed by atoms with van der Waals surface area (Å²) in [4.78, 5) is 0. The lowest BCUT2D eigenvalue weighted by Gasteiger charge is -1.97. The van der Waals surface area contributed by atoms with Crippen molar-refractivity contribution in [1.82, 2.24) is 0 Å². The minimum atomic E-state index is 1.15. The van der Waals surface area contributed by atoms with Crippen LogP contribution in [0.1, 0.15) is 39.5 Å². The Hall–Kier alpha value is -0.260. The van der Waals surface area contributed by atoms with Gasteiger partial charge in [0.1, 0.15) is 0 Å². The summed E-state index contributed by atoms with van der Waals surface area (Å²) >= 11 is 0. The normalized spacial score (nSPS) is 9.25. The van der Waals surface area contributed by atoms with Crippen LogP contribution in [0.3, 0.4) is 0 Å². The highest BCUT2D eigenvalue weighted by Crippen LogP contribution is 2.06. The Kier molecular flexibility index (Phi) is 4.73. The van der Waals surface area contributed by atoms with Gasteiger partial charge < -0.3 is 0 Å². The van der Waals surface area contributed by atoms with Gasteiger partial charge in [-0.05, 0) is 19.3 Å². The highest BCUT2D eigenvalue weighted by atomic mass is 13.9. The number of hydrogen-bond donors (Lipinski definition) is 0. The van der Waals surface area contributed by atoms with E-state index in [1.807, 2.05) is 0 Å². The van der Waals surface area contributed by atoms with Crippen LogP contribution in [0.25, 0.3) is 0 Å². The van der Waals surface area contributed by atoms with Crippen LogP contribution in [-0.2, 0) is 0 Å². The van der Waals surface area contributed by atoms with E-state index in [9.17, 15) is 0 Å². The number of unbranched alkanes of at least 4 members (excludes halogenated alkanes) is 1. The quantitative estimate of drug-likeness (QED) is 0.490. The van der Waals surface area contributed by atoms with Gasteiger partial charge in [0.25, 0.3) is 0 Å². The fraction of sp³-hybridized carbons (Fsp3) is 0.750. The van der Waals surface area contributed by atoms with Crippen LogP contribution in [0.15, 0.2) is 12.2 Å². The van der Waals surface area contributed by atoms with Crippen LogP contribution in [0.5, 0.6) is 0 Å². The maximum Gasteiger partial charge on any atom is -0.0323 e. The average Bonchev–Trinajstić information content (AvgIpc) is 1.83. The van der Waals surface area contributed by atoms with Gasteiger partial charge in [0.2, 0.25) is 0 Å². The lowest BCUT2D eigenvalue weighted by molar-refractivity contribution is 0.769. The molecule has 0 unspecified atom stereocenters. The van der Waals surface area contributed by atoms with Crippen LogP contribution in [0, 0.1) is 0 Å². The second-order valence-corrected chi connectivity index (χ2v) is 2.21. The van der Waals surface area contributed by atoms with Crippen molar-refractivity contribution < 1.29 is 0 Å². The standard InChI is InChI=1S/C8H16/c1-4-6-7-8(3)5-2/h3-7H2,1-2H3. The molecule has 8 heavy (non-hydrogen) atoms. The van der Waals surface area contributed by atoms with Gasteiger partial charge in [-0.3, -0.25) is 0 Å². The maximum absolute atomic E-state index is 3.91. The van der Waals surface area contributed by atoms with Gasteiger partial charge >= 0.3 is 0 Å². The molecule has 0 aliphatic rings. The Morgan fingerprint density at radius 2 is 2.00 bits per heavy atom. The molecule has 0 nitrogen and oxygen atoms in total. The highest BCUT2D eigenvalue weighted by Gasteiger charge is 1.86. The molecule has 0 saturated carbocycles. The summed E-state index contributed by atoms with van der Waals surface area (Å²) in [5.74, 6) is 0. The Labute approximate surface area is 52.6 Å². The van der Waals surface area contributed by atoms with Crippen molar-refractivity contribution in [2.75, 3.05) is 0 Å². The lowest BCUT2D eigenvalue weighted by Crippen LogP contribution is -1.76. The fourth-order valence-electron chi connectivity index (χ4n) is 0.604. The van der Waals surface area contributed by atoms with Crippen LogP contribution < -0.4 is 0 Å². The molecule has 0 radical (unpaired) electrons. The molecule has 0 saturated heterocycles. The molecule has 0 aromatic heterocycles. The molecule has 0 aliphatic carbocycles. The first-order valence-electron chi connectivity index (χ1n) is 3.47. The van der Waals surface area contributed by atoms with Gasteiger partial charge in [-0.15, -0.1) is 0 Å². The molecular formula is C8H16. The predicted molar refractivity (Wildman–Crippen MR) is 39.0 cm³/mol. The van der Waals surface area contributed by atoms with Gasteiger partial charge in [-0.2, -0.15) is 0 Å². The van der Waals surface area contributed by atoms with Crippen LogP contribution in [0.4, 0.5) is 0 Å². The molecule has 0 heterocycles. The molecule has 0 aliphatic heterocycles. The van der Waals surface area contributed by atoms with E-state index < -0.39 is 0 Å². The van der Waals surface area contributed by atoms with Gasteiger partial charge in [0.15, 0.2) is 0 Å². The van der Waals surface area contributed by atoms with Crippen molar-refractivity contribution in [2.45, 2.75) is 39.5 Å². The summed E-state index contributed by atoms with van der Waals surface area (Å²) in [6.45, 7) is 8.29. The largest absolute Gasteiger partial charge is 0.0999 e. The smallest absolute Gasteiger partial charge is 0.0323 e. The summed E-state index contributed by atoms with van der Waals surface area (Å²) in [6, 6.07) is 0.